The van der Waals surface area contributed by atoms with Gasteiger partial charge in [-0.1, -0.05) is 0 Å². The topological polar surface area (TPSA) is 79.5 Å². The third-order valence-electron chi connectivity index (χ3n) is 3.10. The molecule has 2 rings (SSSR count). The first-order chi connectivity index (χ1) is 7.70. The summed E-state index contributed by atoms with van der Waals surface area (Å²) in [6.07, 6.45) is 1.04. The zero-order valence-electron chi connectivity index (χ0n) is 9.29. The van der Waals surface area contributed by atoms with E-state index in [1.807, 2.05) is 0 Å². The van der Waals surface area contributed by atoms with Crippen molar-refractivity contribution < 1.29 is 14.3 Å². The predicted octanol–water partition coefficient (Wildman–Crippen LogP) is -1.63. The maximum absolute atomic E-state index is 11.8. The highest BCUT2D eigenvalue weighted by Gasteiger charge is 2.32. The molecule has 2 aliphatic heterocycles. The highest BCUT2D eigenvalue weighted by atomic mass is 16.5. The van der Waals surface area contributed by atoms with Gasteiger partial charge in [0.1, 0.15) is 6.04 Å². The lowest BCUT2D eigenvalue weighted by molar-refractivity contribution is -0.126. The second-order valence-electron chi connectivity index (χ2n) is 4.21. The van der Waals surface area contributed by atoms with E-state index in [2.05, 4.69) is 16.0 Å². The van der Waals surface area contributed by atoms with E-state index in [1.54, 1.807) is 7.11 Å². The lowest BCUT2D eigenvalue weighted by atomic mass is 10.1. The second kappa shape index (κ2) is 4.80. The Morgan fingerprint density at radius 2 is 2.31 bits per heavy atom. The predicted molar refractivity (Wildman–Crippen MR) is 56.8 cm³/mol. The van der Waals surface area contributed by atoms with Gasteiger partial charge in [0.25, 0.3) is 0 Å². The van der Waals surface area contributed by atoms with E-state index in [0.717, 1.165) is 6.54 Å². The largest absolute Gasteiger partial charge is 0.378 e. The molecule has 90 valence electrons. The summed E-state index contributed by atoms with van der Waals surface area (Å²) in [4.78, 5) is 22.8. The van der Waals surface area contributed by atoms with Crippen LogP contribution in [-0.2, 0) is 14.3 Å². The van der Waals surface area contributed by atoms with Crippen LogP contribution in [0.25, 0.3) is 0 Å². The normalized spacial score (nSPS) is 33.8. The smallest absolute Gasteiger partial charge is 0.242 e. The van der Waals surface area contributed by atoms with Crippen molar-refractivity contribution in [3.05, 3.63) is 0 Å². The minimum atomic E-state index is -0.370. The molecule has 0 aromatic carbocycles. The Morgan fingerprint density at radius 3 is 2.94 bits per heavy atom. The molecule has 0 aromatic heterocycles. The third-order valence-corrected chi connectivity index (χ3v) is 3.10. The van der Waals surface area contributed by atoms with Gasteiger partial charge in [-0.2, -0.15) is 0 Å². The van der Waals surface area contributed by atoms with Crippen molar-refractivity contribution in [2.24, 2.45) is 0 Å². The maximum atomic E-state index is 11.8. The summed E-state index contributed by atoms with van der Waals surface area (Å²) in [5.41, 5.74) is 0. The zero-order valence-corrected chi connectivity index (χ0v) is 9.29. The first-order valence-electron chi connectivity index (χ1n) is 5.54. The third kappa shape index (κ3) is 2.33. The summed E-state index contributed by atoms with van der Waals surface area (Å²) in [6.45, 7) is 1.46. The molecule has 6 nitrogen and oxygen atoms in total. The van der Waals surface area contributed by atoms with Gasteiger partial charge in [-0.15, -0.1) is 0 Å². The van der Waals surface area contributed by atoms with Crippen molar-refractivity contribution in [1.29, 1.82) is 0 Å². The van der Waals surface area contributed by atoms with Gasteiger partial charge in [0.2, 0.25) is 11.8 Å². The van der Waals surface area contributed by atoms with Crippen LogP contribution in [0.2, 0.25) is 0 Å². The highest BCUT2D eigenvalue weighted by Crippen LogP contribution is 2.09. The molecule has 1 unspecified atom stereocenters. The van der Waals surface area contributed by atoms with Crippen LogP contribution in [0.5, 0.6) is 0 Å². The van der Waals surface area contributed by atoms with E-state index >= 15 is 0 Å². The molecule has 0 radical (unpaired) electrons. The molecule has 0 bridgehead atoms. The average Bonchev–Trinajstić information content (AvgIpc) is 2.86. The van der Waals surface area contributed by atoms with E-state index in [9.17, 15) is 9.59 Å². The molecule has 2 saturated heterocycles. The molecule has 6 heteroatoms. The summed E-state index contributed by atoms with van der Waals surface area (Å²) >= 11 is 0. The number of nitrogens with one attached hydrogen (secondary N) is 3. The number of hydrogen-bond donors (Lipinski definition) is 3. The molecule has 2 amide bonds. The van der Waals surface area contributed by atoms with Crippen LogP contribution in [-0.4, -0.2) is 50.2 Å². The van der Waals surface area contributed by atoms with E-state index < -0.39 is 0 Å². The monoisotopic (exact) mass is 227 g/mol. The Morgan fingerprint density at radius 1 is 1.50 bits per heavy atom. The minimum absolute atomic E-state index is 0.00463. The molecule has 2 fully saturated rings. The SMILES string of the molecule is CO[C@H]1CNCC1NC(=O)[C@H]1CCC(=O)N1. The fourth-order valence-electron chi connectivity index (χ4n) is 2.14. The Kier molecular flexibility index (Phi) is 3.40. The van der Waals surface area contributed by atoms with Crippen LogP contribution in [0, 0.1) is 0 Å². The van der Waals surface area contributed by atoms with Crippen LogP contribution < -0.4 is 16.0 Å². The molecule has 0 spiro atoms. The molecule has 0 aliphatic carbocycles. The number of amides is 2. The Balaban J connectivity index is 1.84. The van der Waals surface area contributed by atoms with Gasteiger partial charge in [-0.05, 0) is 6.42 Å². The molecule has 0 aromatic rings. The molecule has 2 heterocycles. The van der Waals surface area contributed by atoms with Gasteiger partial charge in [-0.25, -0.2) is 0 Å². The molecule has 0 saturated carbocycles. The number of methoxy groups -OCH3 is 1. The lowest BCUT2D eigenvalue weighted by Gasteiger charge is -2.20. The summed E-state index contributed by atoms with van der Waals surface area (Å²) < 4.78 is 5.24. The molecule has 3 N–H and O–H groups in total. The van der Waals surface area contributed by atoms with Crippen molar-refractivity contribution in [2.75, 3.05) is 20.2 Å². The molecule has 16 heavy (non-hydrogen) atoms. The highest BCUT2D eigenvalue weighted by molar-refractivity contribution is 5.90. The van der Waals surface area contributed by atoms with E-state index in [1.165, 1.54) is 0 Å². The molecule has 3 atom stereocenters. The quantitative estimate of drug-likeness (QED) is 0.541. The fourth-order valence-corrected chi connectivity index (χ4v) is 2.14. The fraction of sp³-hybridized carbons (Fsp3) is 0.800. The van der Waals surface area contributed by atoms with Crippen molar-refractivity contribution in [1.82, 2.24) is 16.0 Å². The summed E-state index contributed by atoms with van der Waals surface area (Å²) in [6, 6.07) is -0.374. The van der Waals surface area contributed by atoms with E-state index in [4.69, 9.17) is 4.74 Å². The van der Waals surface area contributed by atoms with Gasteiger partial charge in [-0.3, -0.25) is 9.59 Å². The number of ether oxygens (including phenoxy) is 1. The number of carbonyl (C=O) groups is 2. The van der Waals surface area contributed by atoms with Gasteiger partial charge in [0, 0.05) is 26.6 Å². The van der Waals surface area contributed by atoms with Crippen LogP contribution in [0.1, 0.15) is 12.8 Å². The lowest BCUT2D eigenvalue weighted by Crippen LogP contribution is -2.50. The van der Waals surface area contributed by atoms with Crippen molar-refractivity contribution >= 4 is 11.8 Å². The van der Waals surface area contributed by atoms with E-state index in [0.29, 0.717) is 19.4 Å². The van der Waals surface area contributed by atoms with Crippen LogP contribution >= 0.6 is 0 Å². The first-order valence-corrected chi connectivity index (χ1v) is 5.54. The second-order valence-corrected chi connectivity index (χ2v) is 4.21. The Bertz CT molecular complexity index is 295. The van der Waals surface area contributed by atoms with Crippen molar-refractivity contribution in [3.8, 4) is 0 Å². The van der Waals surface area contributed by atoms with Crippen molar-refractivity contribution in [2.45, 2.75) is 31.0 Å². The average molecular weight is 227 g/mol. The summed E-state index contributed by atoms with van der Waals surface area (Å²) in [5.74, 6) is -0.158. The molecular weight excluding hydrogens is 210 g/mol. The van der Waals surface area contributed by atoms with Gasteiger partial charge >= 0.3 is 0 Å². The summed E-state index contributed by atoms with van der Waals surface area (Å²) in [7, 11) is 1.63. The molecule has 2 aliphatic rings. The minimum Gasteiger partial charge on any atom is -0.378 e. The maximum Gasteiger partial charge on any atom is 0.242 e. The molecular formula is C10H17N3O3. The Labute approximate surface area is 94.1 Å². The van der Waals surface area contributed by atoms with Crippen LogP contribution in [0.15, 0.2) is 0 Å². The van der Waals surface area contributed by atoms with Gasteiger partial charge in [0.15, 0.2) is 0 Å². The Hall–Kier alpha value is -1.14. The van der Waals surface area contributed by atoms with Crippen molar-refractivity contribution in [3.63, 3.8) is 0 Å². The number of rotatable bonds is 3. The van der Waals surface area contributed by atoms with Crippen LogP contribution in [0.4, 0.5) is 0 Å². The number of hydrogen-bond acceptors (Lipinski definition) is 4. The van der Waals surface area contributed by atoms with Gasteiger partial charge < -0.3 is 20.7 Å². The first kappa shape index (κ1) is 11.3. The van der Waals surface area contributed by atoms with Gasteiger partial charge in [0.05, 0.1) is 12.1 Å². The standard InChI is InChI=1S/C10H17N3O3/c1-16-8-5-11-4-7(8)13-10(15)6-2-3-9(14)12-6/h6-8,11H,2-5H2,1H3,(H,12,14)(H,13,15)/t6-,7?,8+/m1/s1. The summed E-state index contributed by atoms with van der Waals surface area (Å²) in [5, 5.41) is 8.70. The number of carbonyl (C=O) groups excluding carboxylic acids is 2. The zero-order chi connectivity index (χ0) is 11.5. The van der Waals surface area contributed by atoms with Crippen LogP contribution in [0.3, 0.4) is 0 Å². The van der Waals surface area contributed by atoms with E-state index in [-0.39, 0.29) is 30.0 Å².